The molecule has 1 N–H and O–H groups in total. The third kappa shape index (κ3) is 4.16. The molecule has 20 heavy (non-hydrogen) atoms. The van der Waals surface area contributed by atoms with Crippen molar-refractivity contribution < 1.29 is 9.15 Å². The number of aryl methyl sites for hydroxylation is 1. The molecule has 108 valence electrons. The van der Waals surface area contributed by atoms with E-state index in [1.165, 1.54) is 5.56 Å². The predicted molar refractivity (Wildman–Crippen MR) is 82.8 cm³/mol. The maximum absolute atomic E-state index is 5.78. The molecule has 1 aromatic heterocycles. The molecule has 0 saturated carbocycles. The van der Waals surface area contributed by atoms with E-state index in [0.29, 0.717) is 6.61 Å². The van der Waals surface area contributed by atoms with Crippen molar-refractivity contribution in [1.29, 1.82) is 0 Å². The Bertz CT molecular complexity index is 555. The molecular formula is C15H19BrN2O2. The van der Waals surface area contributed by atoms with Gasteiger partial charge >= 0.3 is 0 Å². The second-order valence-electron chi connectivity index (χ2n) is 4.59. The van der Waals surface area contributed by atoms with Gasteiger partial charge < -0.3 is 14.5 Å². The quantitative estimate of drug-likeness (QED) is 0.787. The summed E-state index contributed by atoms with van der Waals surface area (Å²) in [5, 5.41) is 3.27. The van der Waals surface area contributed by atoms with E-state index in [4.69, 9.17) is 9.15 Å². The molecule has 0 aliphatic rings. The van der Waals surface area contributed by atoms with Crippen molar-refractivity contribution in [2.45, 2.75) is 13.3 Å². The highest BCUT2D eigenvalue weighted by atomic mass is 79.9. The molecule has 0 radical (unpaired) electrons. The van der Waals surface area contributed by atoms with Crippen LogP contribution in [0.3, 0.4) is 0 Å². The zero-order chi connectivity index (χ0) is 14.4. The number of oxazole rings is 1. The Hall–Kier alpha value is -1.17. The van der Waals surface area contributed by atoms with Crippen molar-refractivity contribution in [3.05, 3.63) is 40.3 Å². The molecule has 5 heteroatoms. The van der Waals surface area contributed by atoms with Crippen LogP contribution in [0.5, 0.6) is 0 Å². The van der Waals surface area contributed by atoms with E-state index in [-0.39, 0.29) is 0 Å². The van der Waals surface area contributed by atoms with Crippen LogP contribution in [0, 0.1) is 6.92 Å². The van der Waals surface area contributed by atoms with Gasteiger partial charge in [-0.2, -0.15) is 0 Å². The fourth-order valence-corrected chi connectivity index (χ4v) is 2.55. The number of hydrogen-bond acceptors (Lipinski definition) is 4. The highest BCUT2D eigenvalue weighted by molar-refractivity contribution is 9.10. The Labute approximate surface area is 127 Å². The van der Waals surface area contributed by atoms with Gasteiger partial charge in [0.05, 0.1) is 12.8 Å². The summed E-state index contributed by atoms with van der Waals surface area (Å²) < 4.78 is 11.8. The molecule has 2 rings (SSSR count). The van der Waals surface area contributed by atoms with Gasteiger partial charge in [0.25, 0.3) is 0 Å². The van der Waals surface area contributed by atoms with E-state index >= 15 is 0 Å². The molecule has 0 amide bonds. The van der Waals surface area contributed by atoms with Gasteiger partial charge in [0.1, 0.15) is 0 Å². The summed E-state index contributed by atoms with van der Waals surface area (Å²) in [5.41, 5.74) is 2.24. The van der Waals surface area contributed by atoms with Crippen LogP contribution in [0.1, 0.15) is 11.5 Å². The SMILES string of the molecule is COCCNCCc1ncc(-c2ccc(C)cc2Br)o1. The van der Waals surface area contributed by atoms with Crippen LogP contribution in [0.2, 0.25) is 0 Å². The van der Waals surface area contributed by atoms with E-state index in [9.17, 15) is 0 Å². The summed E-state index contributed by atoms with van der Waals surface area (Å²) >= 11 is 3.56. The number of ether oxygens (including phenoxy) is 1. The van der Waals surface area contributed by atoms with Crippen LogP contribution in [0.15, 0.2) is 33.3 Å². The zero-order valence-electron chi connectivity index (χ0n) is 11.8. The number of halogens is 1. The number of methoxy groups -OCH3 is 1. The molecular weight excluding hydrogens is 320 g/mol. The molecule has 2 aromatic rings. The monoisotopic (exact) mass is 338 g/mol. The van der Waals surface area contributed by atoms with Crippen LogP contribution in [0.4, 0.5) is 0 Å². The molecule has 0 bridgehead atoms. The number of aromatic nitrogens is 1. The van der Waals surface area contributed by atoms with E-state index in [1.807, 2.05) is 6.07 Å². The number of benzene rings is 1. The Morgan fingerprint density at radius 3 is 2.95 bits per heavy atom. The molecule has 0 fully saturated rings. The van der Waals surface area contributed by atoms with Crippen LogP contribution in [-0.2, 0) is 11.2 Å². The predicted octanol–water partition coefficient (Wildman–Crippen LogP) is 3.19. The largest absolute Gasteiger partial charge is 0.441 e. The third-order valence-corrected chi connectivity index (χ3v) is 3.60. The lowest BCUT2D eigenvalue weighted by molar-refractivity contribution is 0.199. The van der Waals surface area contributed by atoms with Crippen molar-refractivity contribution in [2.24, 2.45) is 0 Å². The normalized spacial score (nSPS) is 10.9. The molecule has 0 aliphatic heterocycles. The lowest BCUT2D eigenvalue weighted by atomic mass is 10.1. The number of nitrogens with one attached hydrogen (secondary N) is 1. The second-order valence-corrected chi connectivity index (χ2v) is 5.45. The standard InChI is InChI=1S/C15H19BrN2O2/c1-11-3-4-12(13(16)9-11)14-10-18-15(20-14)5-6-17-7-8-19-2/h3-4,9-10,17H,5-8H2,1-2H3. The van der Waals surface area contributed by atoms with Crippen molar-refractivity contribution in [3.63, 3.8) is 0 Å². The minimum Gasteiger partial charge on any atom is -0.441 e. The summed E-state index contributed by atoms with van der Waals surface area (Å²) in [7, 11) is 1.70. The maximum atomic E-state index is 5.78. The van der Waals surface area contributed by atoms with E-state index < -0.39 is 0 Å². The lowest BCUT2D eigenvalue weighted by Crippen LogP contribution is -2.21. The first kappa shape index (κ1) is 15.2. The highest BCUT2D eigenvalue weighted by Crippen LogP contribution is 2.29. The topological polar surface area (TPSA) is 47.3 Å². The molecule has 1 aromatic carbocycles. The number of hydrogen-bond donors (Lipinski definition) is 1. The van der Waals surface area contributed by atoms with E-state index in [2.05, 4.69) is 45.3 Å². The van der Waals surface area contributed by atoms with Gasteiger partial charge in [0.15, 0.2) is 11.7 Å². The van der Waals surface area contributed by atoms with Crippen LogP contribution in [-0.4, -0.2) is 31.8 Å². The molecule has 4 nitrogen and oxygen atoms in total. The van der Waals surface area contributed by atoms with E-state index in [0.717, 1.165) is 41.2 Å². The molecule has 0 aliphatic carbocycles. The van der Waals surface area contributed by atoms with Gasteiger partial charge in [-0.1, -0.05) is 22.0 Å². The first-order valence-electron chi connectivity index (χ1n) is 6.61. The van der Waals surface area contributed by atoms with Crippen molar-refractivity contribution >= 4 is 15.9 Å². The summed E-state index contributed by atoms with van der Waals surface area (Å²) in [5.74, 6) is 1.54. The van der Waals surface area contributed by atoms with Crippen LogP contribution < -0.4 is 5.32 Å². The van der Waals surface area contributed by atoms with Crippen LogP contribution >= 0.6 is 15.9 Å². The van der Waals surface area contributed by atoms with Gasteiger partial charge in [-0.25, -0.2) is 4.98 Å². The molecule has 0 atom stereocenters. The summed E-state index contributed by atoms with van der Waals surface area (Å²) in [6, 6.07) is 6.18. The van der Waals surface area contributed by atoms with Crippen molar-refractivity contribution in [1.82, 2.24) is 10.3 Å². The van der Waals surface area contributed by atoms with Gasteiger partial charge in [-0.15, -0.1) is 0 Å². The average Bonchev–Trinajstić information content (AvgIpc) is 2.87. The first-order chi connectivity index (χ1) is 9.70. The molecule has 1 heterocycles. The maximum Gasteiger partial charge on any atom is 0.196 e. The minimum absolute atomic E-state index is 0.715. The average molecular weight is 339 g/mol. The minimum atomic E-state index is 0.715. The number of rotatable bonds is 7. The molecule has 0 spiro atoms. The lowest BCUT2D eigenvalue weighted by Gasteiger charge is -2.02. The summed E-state index contributed by atoms with van der Waals surface area (Å²) in [6.45, 7) is 4.45. The van der Waals surface area contributed by atoms with Gasteiger partial charge in [-0.05, 0) is 24.6 Å². The summed E-state index contributed by atoms with van der Waals surface area (Å²) in [4.78, 5) is 4.32. The fraction of sp³-hybridized carbons (Fsp3) is 0.400. The zero-order valence-corrected chi connectivity index (χ0v) is 13.4. The second kappa shape index (κ2) is 7.57. The van der Waals surface area contributed by atoms with Crippen LogP contribution in [0.25, 0.3) is 11.3 Å². The third-order valence-electron chi connectivity index (χ3n) is 2.94. The number of nitrogens with zero attached hydrogens (tertiary/aromatic N) is 1. The van der Waals surface area contributed by atoms with Gasteiger partial charge in [-0.3, -0.25) is 0 Å². The smallest absolute Gasteiger partial charge is 0.196 e. The van der Waals surface area contributed by atoms with Crippen molar-refractivity contribution in [2.75, 3.05) is 26.8 Å². The van der Waals surface area contributed by atoms with Gasteiger partial charge in [0.2, 0.25) is 0 Å². The molecule has 0 saturated heterocycles. The summed E-state index contributed by atoms with van der Waals surface area (Å²) in [6.07, 6.45) is 2.55. The Morgan fingerprint density at radius 2 is 2.20 bits per heavy atom. The Kier molecular flexibility index (Phi) is 5.76. The fourth-order valence-electron chi connectivity index (χ4n) is 1.86. The van der Waals surface area contributed by atoms with Gasteiger partial charge in [0, 0.05) is 36.7 Å². The molecule has 0 unspecified atom stereocenters. The van der Waals surface area contributed by atoms with E-state index in [1.54, 1.807) is 13.3 Å². The first-order valence-corrected chi connectivity index (χ1v) is 7.41. The van der Waals surface area contributed by atoms with Crippen molar-refractivity contribution in [3.8, 4) is 11.3 Å². The Morgan fingerprint density at radius 1 is 1.35 bits per heavy atom. The Balaban J connectivity index is 1.95. The highest BCUT2D eigenvalue weighted by Gasteiger charge is 2.09.